The number of carbonyl (C=O) groups excluding carboxylic acids is 2. The number of rotatable bonds is 17. The fraction of sp³-hybridized carbons (Fsp3) is 0.392. The highest BCUT2D eigenvalue weighted by Crippen LogP contribution is 2.32. The van der Waals surface area contributed by atoms with Crippen LogP contribution in [0.15, 0.2) is 112 Å². The van der Waals surface area contributed by atoms with Crippen LogP contribution in [-0.4, -0.2) is 74.5 Å². The van der Waals surface area contributed by atoms with Crippen LogP contribution >= 0.6 is 0 Å². The number of carbonyl (C=O) groups is 2. The molecule has 0 aliphatic heterocycles. The average Bonchev–Trinajstić information content (AvgIpc) is 3.97. The Morgan fingerprint density at radius 2 is 1.61 bits per heavy atom. The summed E-state index contributed by atoms with van der Waals surface area (Å²) in [6.07, 6.45) is 29.3. The van der Waals surface area contributed by atoms with Crippen molar-refractivity contribution < 1.29 is 19.1 Å². The third kappa shape index (κ3) is 13.2. The molecule has 2 N–H and O–H groups in total. The van der Waals surface area contributed by atoms with Gasteiger partial charge in [-0.05, 0) is 112 Å². The fourth-order valence-corrected chi connectivity index (χ4v) is 7.36. The van der Waals surface area contributed by atoms with Crippen molar-refractivity contribution in [2.75, 3.05) is 26.7 Å². The van der Waals surface area contributed by atoms with Gasteiger partial charge in [0.05, 0.1) is 47.8 Å². The molecule has 61 heavy (non-hydrogen) atoms. The highest BCUT2D eigenvalue weighted by Gasteiger charge is 2.24. The number of hydrogen-bond acceptors (Lipinski definition) is 8. The van der Waals surface area contributed by atoms with E-state index in [4.69, 9.17) is 19.5 Å². The van der Waals surface area contributed by atoms with Gasteiger partial charge in [-0.15, -0.1) is 12.8 Å². The van der Waals surface area contributed by atoms with E-state index < -0.39 is 0 Å². The smallest absolute Gasteiger partial charge is 0.230 e. The number of amides is 1. The van der Waals surface area contributed by atoms with Crippen molar-refractivity contribution in [1.29, 1.82) is 0 Å². The van der Waals surface area contributed by atoms with Crippen LogP contribution in [-0.2, 0) is 16.1 Å². The number of aliphatic imine (C=N–C) groups is 1. The molecule has 324 valence electrons. The summed E-state index contributed by atoms with van der Waals surface area (Å²) in [5.74, 6) is 1.59. The molecule has 0 radical (unpaired) electrons. The van der Waals surface area contributed by atoms with Crippen molar-refractivity contribution in [2.45, 2.75) is 93.5 Å². The number of hydrogen-bond donors (Lipinski definition) is 2. The lowest BCUT2D eigenvalue weighted by molar-refractivity contribution is -0.133. The zero-order valence-electron chi connectivity index (χ0n) is 37.6. The molecule has 2 heterocycles. The van der Waals surface area contributed by atoms with Crippen molar-refractivity contribution in [3.05, 3.63) is 114 Å². The Labute approximate surface area is 364 Å². The number of aldehydes is 1. The van der Waals surface area contributed by atoms with Crippen LogP contribution in [0.4, 0.5) is 5.69 Å². The Morgan fingerprint density at radius 3 is 2.21 bits per heavy atom. The fourth-order valence-electron chi connectivity index (χ4n) is 7.36. The van der Waals surface area contributed by atoms with E-state index in [0.717, 1.165) is 120 Å². The Balaban J connectivity index is 0.00000158. The summed E-state index contributed by atoms with van der Waals surface area (Å²) in [6.45, 7) is 21.1. The number of aryl methyl sites for hydroxylation is 1. The Hall–Kier alpha value is -6.05. The molecule has 0 saturated heterocycles. The Kier molecular flexibility index (Phi) is 20.7. The SMILES string of the molecule is C#C.C=C(C(C=O)C1=CCCC=C1)N(CCC)Cc1nc2ccc(-c3cnc(-c4ccc(N=C(C)CN(CCC)C(=O)C(C)C5=CCCC=C5)c(C)c4)o3)cc2[nH]1.CC.CO. The zero-order valence-corrected chi connectivity index (χ0v) is 37.6. The van der Waals surface area contributed by atoms with Gasteiger partial charge in [-0.25, -0.2) is 9.97 Å². The Morgan fingerprint density at radius 1 is 0.967 bits per heavy atom. The summed E-state index contributed by atoms with van der Waals surface area (Å²) in [5, 5.41) is 7.00. The highest BCUT2D eigenvalue weighted by atomic mass is 16.4. The summed E-state index contributed by atoms with van der Waals surface area (Å²) in [5.41, 5.74) is 9.13. The molecular weight excluding hydrogens is 761 g/mol. The minimum Gasteiger partial charge on any atom is -0.436 e. The number of terminal acetylenes is 1. The first-order chi connectivity index (χ1) is 29.7. The second kappa shape index (κ2) is 25.5. The van der Waals surface area contributed by atoms with Crippen LogP contribution in [0, 0.1) is 31.6 Å². The van der Waals surface area contributed by atoms with Crippen molar-refractivity contribution in [3.8, 4) is 35.6 Å². The zero-order chi connectivity index (χ0) is 44.9. The van der Waals surface area contributed by atoms with Crippen LogP contribution in [0.1, 0.15) is 91.5 Å². The molecule has 10 nitrogen and oxygen atoms in total. The molecule has 2 aliphatic rings. The summed E-state index contributed by atoms with van der Waals surface area (Å²) in [4.78, 5) is 47.7. The third-order valence-corrected chi connectivity index (χ3v) is 10.3. The summed E-state index contributed by atoms with van der Waals surface area (Å²) < 4.78 is 6.29. The quantitative estimate of drug-likeness (QED) is 0.0616. The maximum absolute atomic E-state index is 13.5. The number of nitrogens with zero attached hydrogens (tertiary/aromatic N) is 5. The summed E-state index contributed by atoms with van der Waals surface area (Å²) >= 11 is 0. The van der Waals surface area contributed by atoms with Gasteiger partial charge < -0.3 is 29.1 Å². The monoisotopic (exact) mass is 827 g/mol. The normalized spacial score (nSPS) is 14.1. The molecule has 0 spiro atoms. The number of H-pyrrole nitrogens is 1. The van der Waals surface area contributed by atoms with Gasteiger partial charge in [0.2, 0.25) is 11.8 Å². The number of fused-ring (bicyclic) bond motifs is 1. The van der Waals surface area contributed by atoms with Crippen molar-refractivity contribution in [1.82, 2.24) is 24.8 Å². The van der Waals surface area contributed by atoms with Crippen LogP contribution in [0.5, 0.6) is 0 Å². The molecule has 2 atom stereocenters. The van der Waals surface area contributed by atoms with Gasteiger partial charge in [0.25, 0.3) is 0 Å². The molecular formula is C51H66N6O4. The number of oxazole rings is 1. The lowest BCUT2D eigenvalue weighted by atomic mass is 9.92. The van der Waals surface area contributed by atoms with Gasteiger partial charge in [0.1, 0.15) is 12.1 Å². The van der Waals surface area contributed by atoms with Crippen LogP contribution in [0.25, 0.3) is 33.8 Å². The topological polar surface area (TPSA) is 128 Å². The first-order valence-corrected chi connectivity index (χ1v) is 21.5. The standard InChI is InChI=1S/C46H54N6O3.C2H6.C2H2.CH4O/c1-7-23-51(34(6)39(30-53)36-17-13-10-14-18-36)29-44-49-41-22-19-37(26-42(41)50-44)43-27-47-45(55-43)38-20-21-40(31(3)25-38)48-32(4)28-52(24-8-2)46(54)33(5)35-15-11-9-12-16-35;3*1-2/h11,13,15-22,25-27,30,33,39H,6-10,12,14,23-24,28-29H2,1-5H3,(H,49,50);1-2H3;1-2H;2H,1H3. The van der Waals surface area contributed by atoms with Gasteiger partial charge in [0, 0.05) is 42.7 Å². The van der Waals surface area contributed by atoms with Gasteiger partial charge in [-0.1, -0.05) is 70.7 Å². The predicted molar refractivity (Wildman–Crippen MR) is 252 cm³/mol. The molecule has 2 aromatic carbocycles. The van der Waals surface area contributed by atoms with E-state index in [1.165, 1.54) is 0 Å². The van der Waals surface area contributed by atoms with E-state index in [2.05, 4.69) is 78.5 Å². The first-order valence-electron chi connectivity index (χ1n) is 21.5. The van der Waals surface area contributed by atoms with Crippen LogP contribution in [0.3, 0.4) is 0 Å². The van der Waals surface area contributed by atoms with E-state index in [1.54, 1.807) is 6.20 Å². The van der Waals surface area contributed by atoms with Gasteiger partial charge in [0.15, 0.2) is 5.76 Å². The van der Waals surface area contributed by atoms with E-state index in [9.17, 15) is 9.59 Å². The molecule has 6 rings (SSSR count). The summed E-state index contributed by atoms with van der Waals surface area (Å²) in [7, 11) is 1.00. The molecule has 1 amide bonds. The van der Waals surface area contributed by atoms with E-state index in [0.29, 0.717) is 31.3 Å². The number of aromatic amines is 1. The van der Waals surface area contributed by atoms with Crippen molar-refractivity contribution >= 4 is 34.6 Å². The maximum Gasteiger partial charge on any atom is 0.230 e. The van der Waals surface area contributed by atoms with Crippen LogP contribution in [0.2, 0.25) is 0 Å². The second-order valence-electron chi connectivity index (χ2n) is 14.7. The molecule has 4 aromatic rings. The van der Waals surface area contributed by atoms with Gasteiger partial charge >= 0.3 is 0 Å². The number of aliphatic hydroxyl groups excluding tert-OH is 1. The van der Waals surface area contributed by atoms with Crippen molar-refractivity contribution in [3.63, 3.8) is 0 Å². The molecule has 2 aromatic heterocycles. The van der Waals surface area contributed by atoms with E-state index in [-0.39, 0.29) is 17.7 Å². The van der Waals surface area contributed by atoms with E-state index >= 15 is 0 Å². The number of benzene rings is 2. The maximum atomic E-state index is 13.5. The van der Waals surface area contributed by atoms with Crippen molar-refractivity contribution in [2.24, 2.45) is 16.8 Å². The number of nitrogens with one attached hydrogen (secondary N) is 1. The molecule has 0 saturated carbocycles. The lowest BCUT2D eigenvalue weighted by Crippen LogP contribution is -2.39. The third-order valence-electron chi connectivity index (χ3n) is 10.3. The minimum atomic E-state index is -0.369. The summed E-state index contributed by atoms with van der Waals surface area (Å²) in [6, 6.07) is 12.0. The average molecular weight is 827 g/mol. The molecule has 2 aliphatic carbocycles. The largest absolute Gasteiger partial charge is 0.436 e. The first kappa shape index (κ1) is 49.3. The minimum absolute atomic E-state index is 0.142. The number of aromatic nitrogens is 3. The highest BCUT2D eigenvalue weighted by molar-refractivity contribution is 5.92. The van der Waals surface area contributed by atoms with Gasteiger partial charge in [-0.2, -0.15) is 0 Å². The van der Waals surface area contributed by atoms with Crippen LogP contribution < -0.4 is 0 Å². The Bertz CT molecular complexity index is 2230. The lowest BCUT2D eigenvalue weighted by Gasteiger charge is -2.29. The predicted octanol–water partition coefficient (Wildman–Crippen LogP) is 11.1. The number of allylic oxidation sites excluding steroid dienone is 7. The van der Waals surface area contributed by atoms with Gasteiger partial charge in [-0.3, -0.25) is 9.79 Å². The molecule has 0 fully saturated rings. The molecule has 2 unspecified atom stereocenters. The molecule has 0 bridgehead atoms. The second-order valence-corrected chi connectivity index (χ2v) is 14.7. The number of aliphatic hydroxyl groups is 1. The molecule has 10 heteroatoms. The number of imidazole rings is 1. The van der Waals surface area contributed by atoms with E-state index in [1.807, 2.05) is 82.0 Å².